The van der Waals surface area contributed by atoms with E-state index in [2.05, 4.69) is 4.99 Å². The Bertz CT molecular complexity index is 866. The van der Waals surface area contributed by atoms with Crippen LogP contribution < -0.4 is 4.74 Å². The summed E-state index contributed by atoms with van der Waals surface area (Å²) in [5, 5.41) is 9.01. The Morgan fingerprint density at radius 1 is 1.26 bits per heavy atom. The minimum absolute atomic E-state index is 0.0309. The first-order valence-corrected chi connectivity index (χ1v) is 11.1. The Kier molecular flexibility index (Phi) is 5.75. The number of hydrogen-bond donors (Lipinski definition) is 1. The van der Waals surface area contributed by atoms with Crippen molar-refractivity contribution in [2.45, 2.75) is 30.7 Å². The predicted molar refractivity (Wildman–Crippen MR) is 102 cm³/mol. The predicted octanol–water partition coefficient (Wildman–Crippen LogP) is 1.16. The molecule has 1 aromatic rings. The highest BCUT2D eigenvalue weighted by atomic mass is 32.2. The monoisotopic (exact) mass is 412 g/mol. The van der Waals surface area contributed by atoms with Gasteiger partial charge in [-0.15, -0.1) is 0 Å². The van der Waals surface area contributed by atoms with Crippen LogP contribution in [0, 0.1) is 0 Å². The van der Waals surface area contributed by atoms with Gasteiger partial charge in [0.05, 0.1) is 31.1 Å². The molecule has 2 fully saturated rings. The summed E-state index contributed by atoms with van der Waals surface area (Å²) in [5.74, 6) is -0.760. The maximum Gasteiger partial charge on any atom is 0.303 e. The van der Waals surface area contributed by atoms with Gasteiger partial charge in [-0.05, 0) is 17.7 Å². The lowest BCUT2D eigenvalue weighted by Crippen LogP contribution is -2.37. The van der Waals surface area contributed by atoms with E-state index in [0.717, 1.165) is 5.56 Å². The van der Waals surface area contributed by atoms with E-state index in [1.165, 1.54) is 11.8 Å². The number of thioether (sulfide) groups is 1. The van der Waals surface area contributed by atoms with Crippen LogP contribution in [-0.4, -0.2) is 65.4 Å². The molecule has 8 nitrogen and oxygen atoms in total. The van der Waals surface area contributed by atoms with Gasteiger partial charge in [-0.2, -0.15) is 4.99 Å². The molecule has 146 valence electrons. The van der Waals surface area contributed by atoms with Crippen LogP contribution in [0.3, 0.4) is 0 Å². The van der Waals surface area contributed by atoms with E-state index in [0.29, 0.717) is 17.5 Å². The van der Waals surface area contributed by atoms with Crippen molar-refractivity contribution in [3.63, 3.8) is 0 Å². The van der Waals surface area contributed by atoms with Gasteiger partial charge in [-0.25, -0.2) is 8.42 Å². The van der Waals surface area contributed by atoms with E-state index in [1.807, 2.05) is 29.2 Å². The second-order valence-corrected chi connectivity index (χ2v) is 9.82. The number of ether oxygens (including phenoxy) is 1. The summed E-state index contributed by atoms with van der Waals surface area (Å²) in [4.78, 5) is 28.6. The number of carboxylic acid groups (broad SMARTS) is 1. The van der Waals surface area contributed by atoms with Crippen LogP contribution in [0.15, 0.2) is 29.3 Å². The summed E-state index contributed by atoms with van der Waals surface area (Å²) in [5.41, 5.74) is 0.937. The van der Waals surface area contributed by atoms with Gasteiger partial charge < -0.3 is 14.7 Å². The van der Waals surface area contributed by atoms with Crippen LogP contribution in [0.2, 0.25) is 0 Å². The molecule has 10 heteroatoms. The third-order valence-electron chi connectivity index (χ3n) is 4.46. The number of rotatable bonds is 6. The average Bonchev–Trinajstić information content (AvgIpc) is 3.06. The van der Waals surface area contributed by atoms with E-state index >= 15 is 0 Å². The van der Waals surface area contributed by atoms with E-state index in [-0.39, 0.29) is 35.6 Å². The molecule has 0 saturated carbocycles. The van der Waals surface area contributed by atoms with Crippen LogP contribution in [0.5, 0.6) is 5.75 Å². The Morgan fingerprint density at radius 3 is 2.59 bits per heavy atom. The summed E-state index contributed by atoms with van der Waals surface area (Å²) in [7, 11) is -1.54. The molecule has 0 bridgehead atoms. The molecule has 0 spiro atoms. The molecule has 3 rings (SSSR count). The van der Waals surface area contributed by atoms with E-state index < -0.39 is 21.7 Å². The number of hydrogen-bond acceptors (Lipinski definition) is 6. The lowest BCUT2D eigenvalue weighted by Gasteiger charge is -2.24. The van der Waals surface area contributed by atoms with Gasteiger partial charge in [-0.3, -0.25) is 9.59 Å². The van der Waals surface area contributed by atoms with Crippen molar-refractivity contribution in [2.24, 2.45) is 4.99 Å². The van der Waals surface area contributed by atoms with Crippen LogP contribution >= 0.6 is 11.8 Å². The number of aliphatic carboxylic acids is 1. The quantitative estimate of drug-likeness (QED) is 0.740. The van der Waals surface area contributed by atoms with Crippen molar-refractivity contribution in [3.05, 3.63) is 29.8 Å². The Labute approximate surface area is 161 Å². The highest BCUT2D eigenvalue weighted by Gasteiger charge is 2.48. The first-order valence-electron chi connectivity index (χ1n) is 8.37. The molecule has 2 saturated heterocycles. The van der Waals surface area contributed by atoms with Gasteiger partial charge in [0.15, 0.2) is 15.0 Å². The van der Waals surface area contributed by atoms with Crippen molar-refractivity contribution >= 4 is 38.6 Å². The number of amides is 1. The highest BCUT2D eigenvalue weighted by molar-refractivity contribution is 8.15. The molecule has 0 radical (unpaired) electrons. The summed E-state index contributed by atoms with van der Waals surface area (Å²) in [6.07, 6.45) is -0.455. The maximum absolute atomic E-state index is 12.0. The highest BCUT2D eigenvalue weighted by Crippen LogP contribution is 2.39. The average molecular weight is 412 g/mol. The zero-order valence-corrected chi connectivity index (χ0v) is 16.3. The molecule has 2 atom stereocenters. The van der Waals surface area contributed by atoms with Crippen molar-refractivity contribution < 1.29 is 27.9 Å². The molecular formula is C17H20N2O6S2. The third kappa shape index (κ3) is 4.81. The zero-order valence-electron chi connectivity index (χ0n) is 14.7. The summed E-state index contributed by atoms with van der Waals surface area (Å²) < 4.78 is 29.1. The SMILES string of the molecule is COc1ccc(CN2C(=NC(=O)CCC(=O)O)S[C@@H]3CS(=O)(=O)C[C@@H]32)cc1. The number of aliphatic imine (C=N–C) groups is 1. The van der Waals surface area contributed by atoms with Crippen LogP contribution in [0.1, 0.15) is 18.4 Å². The number of fused-ring (bicyclic) bond motifs is 1. The Morgan fingerprint density at radius 2 is 1.96 bits per heavy atom. The van der Waals surface area contributed by atoms with Crippen molar-refractivity contribution in [2.75, 3.05) is 18.6 Å². The number of sulfone groups is 1. The molecule has 27 heavy (non-hydrogen) atoms. The number of carboxylic acids is 1. The third-order valence-corrected chi connectivity index (χ3v) is 7.71. The number of benzene rings is 1. The number of nitrogens with zero attached hydrogens (tertiary/aromatic N) is 2. The van der Waals surface area contributed by atoms with Gasteiger partial charge >= 0.3 is 5.97 Å². The number of carbonyl (C=O) groups is 2. The minimum Gasteiger partial charge on any atom is -0.497 e. The summed E-state index contributed by atoms with van der Waals surface area (Å²) in [6.45, 7) is 0.415. The molecule has 2 aliphatic heterocycles. The summed E-state index contributed by atoms with van der Waals surface area (Å²) in [6, 6.07) is 7.15. The summed E-state index contributed by atoms with van der Waals surface area (Å²) >= 11 is 1.28. The standard InChI is InChI=1S/C17H20N2O6S2/c1-25-12-4-2-11(3-5-12)8-19-13-9-27(23,24)10-14(13)26-17(19)18-15(20)6-7-16(21)22/h2-5,13-14H,6-10H2,1H3,(H,21,22)/t13-,14+/m0/s1. The first-order chi connectivity index (χ1) is 12.8. The molecule has 2 heterocycles. The number of methoxy groups -OCH3 is 1. The lowest BCUT2D eigenvalue weighted by molar-refractivity contribution is -0.138. The molecule has 1 amide bonds. The number of carbonyl (C=O) groups excluding carboxylic acids is 1. The fraction of sp³-hybridized carbons (Fsp3) is 0.471. The molecule has 1 aromatic carbocycles. The largest absolute Gasteiger partial charge is 0.497 e. The Balaban J connectivity index is 1.81. The second-order valence-electron chi connectivity index (χ2n) is 6.46. The molecule has 0 unspecified atom stereocenters. The Hall–Kier alpha value is -2.07. The fourth-order valence-corrected chi connectivity index (χ4v) is 7.09. The molecule has 0 aromatic heterocycles. The van der Waals surface area contributed by atoms with E-state index in [1.54, 1.807) is 7.11 Å². The lowest BCUT2D eigenvalue weighted by atomic mass is 10.1. The van der Waals surface area contributed by atoms with Gasteiger partial charge in [0.1, 0.15) is 5.75 Å². The van der Waals surface area contributed by atoms with E-state index in [9.17, 15) is 18.0 Å². The van der Waals surface area contributed by atoms with Crippen molar-refractivity contribution in [3.8, 4) is 5.75 Å². The smallest absolute Gasteiger partial charge is 0.303 e. The topological polar surface area (TPSA) is 113 Å². The van der Waals surface area contributed by atoms with Gasteiger partial charge in [0, 0.05) is 18.2 Å². The fourth-order valence-electron chi connectivity index (χ4n) is 3.12. The van der Waals surface area contributed by atoms with Gasteiger partial charge in [-0.1, -0.05) is 23.9 Å². The van der Waals surface area contributed by atoms with Crippen molar-refractivity contribution in [1.29, 1.82) is 0 Å². The van der Waals surface area contributed by atoms with Crippen molar-refractivity contribution in [1.82, 2.24) is 4.90 Å². The first kappa shape index (κ1) is 19.7. The number of amidine groups is 1. The molecule has 2 aliphatic rings. The van der Waals surface area contributed by atoms with Crippen LogP contribution in [-0.2, 0) is 26.0 Å². The molecule has 0 aliphatic carbocycles. The normalized spacial score (nSPS) is 24.8. The molecule has 1 N–H and O–H groups in total. The minimum atomic E-state index is -3.11. The second kappa shape index (κ2) is 7.89. The van der Waals surface area contributed by atoms with Crippen LogP contribution in [0.4, 0.5) is 0 Å². The van der Waals surface area contributed by atoms with E-state index in [4.69, 9.17) is 9.84 Å². The maximum atomic E-state index is 12.0. The zero-order chi connectivity index (χ0) is 19.6. The van der Waals surface area contributed by atoms with Gasteiger partial charge in [0.25, 0.3) is 0 Å². The molecular weight excluding hydrogens is 392 g/mol. The van der Waals surface area contributed by atoms with Crippen LogP contribution in [0.25, 0.3) is 0 Å². The van der Waals surface area contributed by atoms with Gasteiger partial charge in [0.2, 0.25) is 5.91 Å².